The summed E-state index contributed by atoms with van der Waals surface area (Å²) in [6.07, 6.45) is 5.13. The number of anilines is 2. The molecule has 0 bridgehead atoms. The van der Waals surface area contributed by atoms with Gasteiger partial charge in [-0.15, -0.1) is 0 Å². The van der Waals surface area contributed by atoms with Gasteiger partial charge in [0.25, 0.3) is 0 Å². The number of nitrogens with zero attached hydrogens (tertiary/aromatic N) is 1. The van der Waals surface area contributed by atoms with Crippen LogP contribution in [0.15, 0.2) is 24.3 Å². The molecule has 0 spiro atoms. The first-order chi connectivity index (χ1) is 10.1. The molecule has 1 aromatic rings. The van der Waals surface area contributed by atoms with Gasteiger partial charge in [-0.3, -0.25) is 4.90 Å². The summed E-state index contributed by atoms with van der Waals surface area (Å²) in [5.41, 5.74) is 2.43. The van der Waals surface area contributed by atoms with E-state index >= 15 is 0 Å². The van der Waals surface area contributed by atoms with Crippen LogP contribution in [0.2, 0.25) is 0 Å². The van der Waals surface area contributed by atoms with Crippen molar-refractivity contribution < 1.29 is 4.79 Å². The first-order valence-electron chi connectivity index (χ1n) is 7.98. The SMILES string of the molecule is CC1(C)CCCCC1Nc1cccc(N2CCNC2=O)c1. The molecule has 2 amide bonds. The number of nitrogens with one attached hydrogen (secondary N) is 2. The smallest absolute Gasteiger partial charge is 0.321 e. The van der Waals surface area contributed by atoms with Gasteiger partial charge in [-0.25, -0.2) is 4.79 Å². The van der Waals surface area contributed by atoms with Crippen molar-refractivity contribution in [2.24, 2.45) is 5.41 Å². The second kappa shape index (κ2) is 5.58. The van der Waals surface area contributed by atoms with Gasteiger partial charge >= 0.3 is 6.03 Å². The topological polar surface area (TPSA) is 44.4 Å². The monoisotopic (exact) mass is 287 g/mol. The molecule has 2 aliphatic rings. The molecule has 4 nitrogen and oxygen atoms in total. The standard InChI is InChI=1S/C17H25N3O/c1-17(2)9-4-3-8-15(17)19-13-6-5-7-14(12-13)20-11-10-18-16(20)21/h5-7,12,15,19H,3-4,8-11H2,1-2H3,(H,18,21). The molecule has 2 fully saturated rings. The van der Waals surface area contributed by atoms with Crippen molar-refractivity contribution in [1.29, 1.82) is 0 Å². The lowest BCUT2D eigenvalue weighted by Crippen LogP contribution is -2.39. The molecule has 0 radical (unpaired) electrons. The molecule has 1 aliphatic heterocycles. The molecular weight excluding hydrogens is 262 g/mol. The van der Waals surface area contributed by atoms with Crippen LogP contribution in [-0.2, 0) is 0 Å². The second-order valence-corrected chi connectivity index (χ2v) is 6.87. The number of urea groups is 1. The van der Waals surface area contributed by atoms with Gasteiger partial charge in [-0.2, -0.15) is 0 Å². The summed E-state index contributed by atoms with van der Waals surface area (Å²) in [7, 11) is 0. The summed E-state index contributed by atoms with van der Waals surface area (Å²) in [6.45, 7) is 6.17. The Bertz CT molecular complexity index is 527. The summed E-state index contributed by atoms with van der Waals surface area (Å²) < 4.78 is 0. The molecule has 1 atom stereocenters. The van der Waals surface area contributed by atoms with Crippen molar-refractivity contribution in [1.82, 2.24) is 5.32 Å². The molecule has 1 unspecified atom stereocenters. The van der Waals surface area contributed by atoms with Crippen LogP contribution in [-0.4, -0.2) is 25.2 Å². The number of amides is 2. The molecule has 4 heteroatoms. The molecule has 3 rings (SSSR count). The maximum atomic E-state index is 11.8. The van der Waals surface area contributed by atoms with Crippen molar-refractivity contribution in [2.75, 3.05) is 23.3 Å². The van der Waals surface area contributed by atoms with Gasteiger partial charge in [0.1, 0.15) is 0 Å². The van der Waals surface area contributed by atoms with Gasteiger partial charge in [0.05, 0.1) is 0 Å². The van der Waals surface area contributed by atoms with Gasteiger partial charge in [0.2, 0.25) is 0 Å². The van der Waals surface area contributed by atoms with Crippen molar-refractivity contribution in [3.63, 3.8) is 0 Å². The van der Waals surface area contributed by atoms with E-state index < -0.39 is 0 Å². The number of rotatable bonds is 3. The first kappa shape index (κ1) is 14.2. The zero-order valence-corrected chi connectivity index (χ0v) is 13.0. The van der Waals surface area contributed by atoms with Crippen molar-refractivity contribution in [3.05, 3.63) is 24.3 Å². The van der Waals surface area contributed by atoms with Gasteiger partial charge in [-0.1, -0.05) is 32.8 Å². The number of benzene rings is 1. The third-order valence-electron chi connectivity index (χ3n) is 4.86. The number of carbonyl (C=O) groups is 1. The van der Waals surface area contributed by atoms with Crippen LogP contribution in [0.5, 0.6) is 0 Å². The van der Waals surface area contributed by atoms with Crippen LogP contribution in [0.1, 0.15) is 39.5 Å². The Morgan fingerprint density at radius 1 is 1.33 bits per heavy atom. The fraction of sp³-hybridized carbons (Fsp3) is 0.588. The fourth-order valence-electron chi connectivity index (χ4n) is 3.44. The van der Waals surface area contributed by atoms with Gasteiger partial charge in [0.15, 0.2) is 0 Å². The largest absolute Gasteiger partial charge is 0.382 e. The maximum Gasteiger partial charge on any atom is 0.321 e. The van der Waals surface area contributed by atoms with E-state index in [1.165, 1.54) is 25.7 Å². The van der Waals surface area contributed by atoms with Crippen molar-refractivity contribution in [2.45, 2.75) is 45.6 Å². The first-order valence-corrected chi connectivity index (χ1v) is 7.98. The summed E-state index contributed by atoms with van der Waals surface area (Å²) in [5.74, 6) is 0. The van der Waals surface area contributed by atoms with Crippen LogP contribution in [0.3, 0.4) is 0 Å². The Labute approximate surface area is 126 Å². The van der Waals surface area contributed by atoms with E-state index in [-0.39, 0.29) is 6.03 Å². The third kappa shape index (κ3) is 2.99. The van der Waals surface area contributed by atoms with Crippen molar-refractivity contribution >= 4 is 17.4 Å². The highest BCUT2D eigenvalue weighted by atomic mass is 16.2. The van der Waals surface area contributed by atoms with Crippen LogP contribution < -0.4 is 15.5 Å². The van der Waals surface area contributed by atoms with Gasteiger partial charge in [0, 0.05) is 30.5 Å². The minimum Gasteiger partial charge on any atom is -0.382 e. The quantitative estimate of drug-likeness (QED) is 0.892. The highest BCUT2D eigenvalue weighted by molar-refractivity contribution is 5.94. The minimum atomic E-state index is 0.00477. The molecule has 114 valence electrons. The van der Waals surface area contributed by atoms with E-state index in [0.717, 1.165) is 24.5 Å². The lowest BCUT2D eigenvalue weighted by Gasteiger charge is -2.39. The normalized spacial score (nSPS) is 24.8. The summed E-state index contributed by atoms with van der Waals surface area (Å²) in [4.78, 5) is 13.6. The zero-order valence-electron chi connectivity index (χ0n) is 13.0. The van der Waals surface area contributed by atoms with E-state index in [2.05, 4.69) is 36.6 Å². The number of hydrogen-bond acceptors (Lipinski definition) is 2. The summed E-state index contributed by atoms with van der Waals surface area (Å²) >= 11 is 0. The Morgan fingerprint density at radius 3 is 2.90 bits per heavy atom. The molecule has 1 aliphatic carbocycles. The molecular formula is C17H25N3O. The molecule has 2 N–H and O–H groups in total. The van der Waals surface area contributed by atoms with E-state index in [1.54, 1.807) is 4.90 Å². The van der Waals surface area contributed by atoms with Gasteiger partial charge in [-0.05, 0) is 36.5 Å². The summed E-state index contributed by atoms with van der Waals surface area (Å²) in [6, 6.07) is 8.73. The molecule has 1 saturated heterocycles. The molecule has 0 aromatic heterocycles. The lowest BCUT2D eigenvalue weighted by molar-refractivity contribution is 0.217. The Balaban J connectivity index is 1.75. The third-order valence-corrected chi connectivity index (χ3v) is 4.86. The van der Waals surface area contributed by atoms with Crippen LogP contribution in [0, 0.1) is 5.41 Å². The van der Waals surface area contributed by atoms with E-state index in [4.69, 9.17) is 0 Å². The predicted molar refractivity (Wildman–Crippen MR) is 86.8 cm³/mol. The average molecular weight is 287 g/mol. The Kier molecular flexibility index (Phi) is 3.79. The predicted octanol–water partition coefficient (Wildman–Crippen LogP) is 3.60. The average Bonchev–Trinajstić information content (AvgIpc) is 2.88. The Hall–Kier alpha value is -1.71. The van der Waals surface area contributed by atoms with E-state index in [1.807, 2.05) is 12.1 Å². The van der Waals surface area contributed by atoms with Crippen LogP contribution in [0.25, 0.3) is 0 Å². The van der Waals surface area contributed by atoms with Crippen molar-refractivity contribution in [3.8, 4) is 0 Å². The highest BCUT2D eigenvalue weighted by Gasteiger charge is 2.32. The van der Waals surface area contributed by atoms with Gasteiger partial charge < -0.3 is 10.6 Å². The van der Waals surface area contributed by atoms with Crippen LogP contribution in [0.4, 0.5) is 16.2 Å². The molecule has 1 aromatic carbocycles. The molecule has 21 heavy (non-hydrogen) atoms. The van der Waals surface area contributed by atoms with Crippen LogP contribution >= 0.6 is 0 Å². The maximum absolute atomic E-state index is 11.8. The summed E-state index contributed by atoms with van der Waals surface area (Å²) in [5, 5.41) is 6.54. The number of hydrogen-bond donors (Lipinski definition) is 2. The molecule has 1 heterocycles. The fourth-order valence-corrected chi connectivity index (χ4v) is 3.44. The van der Waals surface area contributed by atoms with E-state index in [0.29, 0.717) is 11.5 Å². The minimum absolute atomic E-state index is 0.00477. The zero-order chi connectivity index (χ0) is 14.9. The number of carbonyl (C=O) groups excluding carboxylic acids is 1. The molecule has 1 saturated carbocycles. The lowest BCUT2D eigenvalue weighted by atomic mass is 9.73. The Morgan fingerprint density at radius 2 is 2.19 bits per heavy atom. The highest BCUT2D eigenvalue weighted by Crippen LogP contribution is 2.37. The van der Waals surface area contributed by atoms with E-state index in [9.17, 15) is 4.79 Å². The second-order valence-electron chi connectivity index (χ2n) is 6.87.